The van der Waals surface area contributed by atoms with Gasteiger partial charge in [-0.1, -0.05) is 23.4 Å². The van der Waals surface area contributed by atoms with Gasteiger partial charge in [0.25, 0.3) is 0 Å². The average molecular weight is 406 g/mol. The van der Waals surface area contributed by atoms with Crippen LogP contribution in [0.25, 0.3) is 0 Å². The summed E-state index contributed by atoms with van der Waals surface area (Å²) < 4.78 is 0. The number of rotatable bonds is 4. The van der Waals surface area contributed by atoms with Crippen LogP contribution in [0.4, 0.5) is 17.5 Å². The molecule has 1 aliphatic carbocycles. The standard InChI is InChI=1S/C18H24ClN7S/c19-14-12(3-7-23-15(14)20)27-17-16(21)26-13(9-24-17)25-11-1-4-18(5-2-11)6-8-22-10-18/h3,7,9,11,22H,1-2,4-6,8,10H2,(H2,20,23)(H3,21,25,26). The van der Waals surface area contributed by atoms with Gasteiger partial charge in [-0.15, -0.1) is 0 Å². The number of nitrogens with one attached hydrogen (secondary N) is 2. The molecule has 4 rings (SSSR count). The fourth-order valence-corrected chi connectivity index (χ4v) is 4.99. The van der Waals surface area contributed by atoms with E-state index in [9.17, 15) is 0 Å². The van der Waals surface area contributed by atoms with Crippen molar-refractivity contribution in [1.29, 1.82) is 0 Å². The fraction of sp³-hybridized carbons (Fsp3) is 0.500. The predicted octanol–water partition coefficient (Wildman–Crippen LogP) is 3.17. The monoisotopic (exact) mass is 405 g/mol. The van der Waals surface area contributed by atoms with E-state index in [-0.39, 0.29) is 0 Å². The Hall–Kier alpha value is -1.77. The number of nitrogens with zero attached hydrogens (tertiary/aromatic N) is 3. The molecular formula is C18H24ClN7S. The van der Waals surface area contributed by atoms with Gasteiger partial charge in [0.15, 0.2) is 5.82 Å². The molecule has 144 valence electrons. The number of nitrogens with two attached hydrogens (primary N) is 2. The van der Waals surface area contributed by atoms with E-state index >= 15 is 0 Å². The highest BCUT2D eigenvalue weighted by Gasteiger charge is 2.37. The average Bonchev–Trinajstić information content (AvgIpc) is 3.11. The number of hydrogen-bond acceptors (Lipinski definition) is 8. The molecule has 1 saturated heterocycles. The van der Waals surface area contributed by atoms with Crippen molar-refractivity contribution in [1.82, 2.24) is 20.3 Å². The summed E-state index contributed by atoms with van der Waals surface area (Å²) in [6.45, 7) is 2.33. The molecule has 9 heteroatoms. The topological polar surface area (TPSA) is 115 Å². The van der Waals surface area contributed by atoms with Crippen LogP contribution >= 0.6 is 23.4 Å². The summed E-state index contributed by atoms with van der Waals surface area (Å²) in [5.74, 6) is 1.39. The van der Waals surface area contributed by atoms with E-state index in [0.29, 0.717) is 33.1 Å². The van der Waals surface area contributed by atoms with E-state index < -0.39 is 0 Å². The van der Waals surface area contributed by atoms with Crippen LogP contribution in [0, 0.1) is 5.41 Å². The highest BCUT2D eigenvalue weighted by atomic mass is 35.5. The first kappa shape index (κ1) is 18.6. The molecule has 0 bridgehead atoms. The molecule has 0 atom stereocenters. The second-order valence-electron chi connectivity index (χ2n) is 7.40. The molecule has 1 spiro atoms. The maximum Gasteiger partial charge on any atom is 0.158 e. The summed E-state index contributed by atoms with van der Waals surface area (Å²) >= 11 is 7.53. The summed E-state index contributed by atoms with van der Waals surface area (Å²) in [4.78, 5) is 13.7. The van der Waals surface area contributed by atoms with Gasteiger partial charge in [-0.2, -0.15) is 0 Å². The third-order valence-electron chi connectivity index (χ3n) is 5.58. The molecule has 2 aromatic heterocycles. The van der Waals surface area contributed by atoms with E-state index in [4.69, 9.17) is 23.1 Å². The molecule has 6 N–H and O–H groups in total. The van der Waals surface area contributed by atoms with Gasteiger partial charge in [0, 0.05) is 23.7 Å². The Kier molecular flexibility index (Phi) is 5.29. The van der Waals surface area contributed by atoms with Gasteiger partial charge < -0.3 is 22.1 Å². The molecule has 0 amide bonds. The lowest BCUT2D eigenvalue weighted by Gasteiger charge is -2.37. The number of nitrogen functional groups attached to an aromatic ring is 2. The fourth-order valence-electron chi connectivity index (χ4n) is 3.97. The number of hydrogen-bond donors (Lipinski definition) is 4. The minimum absolute atomic E-state index is 0.291. The predicted molar refractivity (Wildman–Crippen MR) is 110 cm³/mol. The largest absolute Gasteiger partial charge is 0.382 e. The maximum absolute atomic E-state index is 6.19. The lowest BCUT2D eigenvalue weighted by atomic mass is 9.72. The van der Waals surface area contributed by atoms with Crippen LogP contribution in [-0.2, 0) is 0 Å². The van der Waals surface area contributed by atoms with Gasteiger partial charge in [0.1, 0.15) is 16.7 Å². The minimum Gasteiger partial charge on any atom is -0.382 e. The van der Waals surface area contributed by atoms with Crippen LogP contribution in [0.1, 0.15) is 32.1 Å². The Morgan fingerprint density at radius 2 is 2.00 bits per heavy atom. The Balaban J connectivity index is 1.39. The van der Waals surface area contributed by atoms with E-state index in [2.05, 4.69) is 25.6 Å². The first-order valence-corrected chi connectivity index (χ1v) is 10.4. The molecule has 27 heavy (non-hydrogen) atoms. The summed E-state index contributed by atoms with van der Waals surface area (Å²) in [5, 5.41) is 8.02. The lowest BCUT2D eigenvalue weighted by molar-refractivity contribution is 0.206. The second-order valence-corrected chi connectivity index (χ2v) is 8.81. The van der Waals surface area contributed by atoms with Crippen LogP contribution in [0.15, 0.2) is 28.4 Å². The van der Waals surface area contributed by atoms with Crippen molar-refractivity contribution in [2.75, 3.05) is 29.9 Å². The quantitative estimate of drug-likeness (QED) is 0.613. The minimum atomic E-state index is 0.291. The highest BCUT2D eigenvalue weighted by Crippen LogP contribution is 2.42. The third-order valence-corrected chi connectivity index (χ3v) is 7.16. The second kappa shape index (κ2) is 7.69. The number of pyridine rings is 1. The molecule has 0 unspecified atom stereocenters. The van der Waals surface area contributed by atoms with Gasteiger partial charge >= 0.3 is 0 Å². The van der Waals surface area contributed by atoms with Gasteiger partial charge in [-0.25, -0.2) is 15.0 Å². The Bertz CT molecular complexity index is 815. The van der Waals surface area contributed by atoms with E-state index in [1.54, 1.807) is 18.5 Å². The van der Waals surface area contributed by atoms with E-state index in [1.807, 2.05) is 0 Å². The molecule has 0 radical (unpaired) electrons. The molecule has 1 saturated carbocycles. The van der Waals surface area contributed by atoms with Crippen molar-refractivity contribution < 1.29 is 0 Å². The molecule has 0 aromatic carbocycles. The molecule has 2 aliphatic rings. The normalized spacial score (nSPS) is 25.0. The molecule has 2 fully saturated rings. The zero-order chi connectivity index (χ0) is 18.9. The van der Waals surface area contributed by atoms with E-state index in [1.165, 1.54) is 37.6 Å². The maximum atomic E-state index is 6.19. The summed E-state index contributed by atoms with van der Waals surface area (Å²) in [7, 11) is 0. The Morgan fingerprint density at radius 1 is 1.19 bits per heavy atom. The molecule has 3 heterocycles. The summed E-state index contributed by atoms with van der Waals surface area (Å²) in [6, 6.07) is 2.21. The zero-order valence-electron chi connectivity index (χ0n) is 15.0. The van der Waals surface area contributed by atoms with Crippen LogP contribution < -0.4 is 22.1 Å². The van der Waals surface area contributed by atoms with Crippen molar-refractivity contribution in [3.63, 3.8) is 0 Å². The highest BCUT2D eigenvalue weighted by molar-refractivity contribution is 7.99. The lowest BCUT2D eigenvalue weighted by Crippen LogP contribution is -2.35. The van der Waals surface area contributed by atoms with Crippen LogP contribution in [0.5, 0.6) is 0 Å². The SMILES string of the molecule is Nc1nc(NC2CCC3(CCNC3)CC2)cnc1Sc1ccnc(N)c1Cl. The van der Waals surface area contributed by atoms with Gasteiger partial charge in [-0.3, -0.25) is 0 Å². The van der Waals surface area contributed by atoms with Crippen molar-refractivity contribution in [3.8, 4) is 0 Å². The molecular weight excluding hydrogens is 382 g/mol. The smallest absolute Gasteiger partial charge is 0.158 e. The van der Waals surface area contributed by atoms with Crippen LogP contribution in [0.3, 0.4) is 0 Å². The third kappa shape index (κ3) is 4.07. The molecule has 2 aromatic rings. The summed E-state index contributed by atoms with van der Waals surface area (Å²) in [5.41, 5.74) is 12.4. The van der Waals surface area contributed by atoms with Gasteiger partial charge in [0.2, 0.25) is 0 Å². The number of anilines is 3. The molecule has 1 aliphatic heterocycles. The van der Waals surface area contributed by atoms with Crippen LogP contribution in [0.2, 0.25) is 5.02 Å². The van der Waals surface area contributed by atoms with Crippen LogP contribution in [-0.4, -0.2) is 34.1 Å². The van der Waals surface area contributed by atoms with Crippen molar-refractivity contribution in [2.24, 2.45) is 5.41 Å². The first-order valence-electron chi connectivity index (χ1n) is 9.22. The van der Waals surface area contributed by atoms with Crippen molar-refractivity contribution in [3.05, 3.63) is 23.5 Å². The van der Waals surface area contributed by atoms with Crippen molar-refractivity contribution >= 4 is 40.8 Å². The number of halogens is 1. The summed E-state index contributed by atoms with van der Waals surface area (Å²) in [6.07, 6.45) is 9.49. The number of aromatic nitrogens is 3. The Morgan fingerprint density at radius 3 is 2.70 bits per heavy atom. The van der Waals surface area contributed by atoms with Gasteiger partial charge in [0.05, 0.1) is 11.2 Å². The van der Waals surface area contributed by atoms with Crippen molar-refractivity contribution in [2.45, 2.75) is 48.1 Å². The Labute approximate surface area is 168 Å². The first-order chi connectivity index (χ1) is 13.0. The zero-order valence-corrected chi connectivity index (χ0v) is 16.6. The van der Waals surface area contributed by atoms with E-state index in [0.717, 1.165) is 30.1 Å². The molecule has 7 nitrogen and oxygen atoms in total. The van der Waals surface area contributed by atoms with Gasteiger partial charge in [-0.05, 0) is 50.1 Å².